The van der Waals surface area contributed by atoms with E-state index in [9.17, 15) is 13.2 Å². The fraction of sp³-hybridized carbons (Fsp3) is 0.417. The van der Waals surface area contributed by atoms with Crippen molar-refractivity contribution in [3.63, 3.8) is 0 Å². The predicted octanol–water partition coefficient (Wildman–Crippen LogP) is 0.585. The number of rotatable bonds is 4. The van der Waals surface area contributed by atoms with Gasteiger partial charge in [-0.2, -0.15) is 8.42 Å². The zero-order valence-electron chi connectivity index (χ0n) is 12.1. The molecule has 0 unspecified atom stereocenters. The smallest absolute Gasteiger partial charge is 0.326 e. The van der Waals surface area contributed by atoms with Gasteiger partial charge in [0.15, 0.2) is 0 Å². The van der Waals surface area contributed by atoms with Gasteiger partial charge in [-0.15, -0.1) is 0 Å². The molecular weight excluding hydrogens is 296 g/mol. The molecule has 8 nitrogen and oxygen atoms in total. The summed E-state index contributed by atoms with van der Waals surface area (Å²) < 4.78 is 31.2. The Kier molecular flexibility index (Phi) is 4.24. The van der Waals surface area contributed by atoms with Crippen LogP contribution in [-0.2, 0) is 14.9 Å². The molecule has 116 valence electrons. The van der Waals surface area contributed by atoms with Gasteiger partial charge in [-0.25, -0.2) is 4.79 Å². The first-order chi connectivity index (χ1) is 9.87. The Labute approximate surface area is 123 Å². The van der Waals surface area contributed by atoms with Crippen molar-refractivity contribution in [2.24, 2.45) is 0 Å². The Morgan fingerprint density at radius 1 is 1.24 bits per heavy atom. The van der Waals surface area contributed by atoms with Crippen molar-refractivity contribution in [3.05, 3.63) is 18.2 Å². The first-order valence-electron chi connectivity index (χ1n) is 6.28. The number of ether oxygens (including phenoxy) is 1. The number of methoxy groups -OCH3 is 1. The second-order valence-electron chi connectivity index (χ2n) is 4.52. The molecule has 2 rings (SSSR count). The average molecular weight is 314 g/mol. The van der Waals surface area contributed by atoms with Crippen LogP contribution in [0.5, 0.6) is 0 Å². The van der Waals surface area contributed by atoms with E-state index in [4.69, 9.17) is 4.74 Å². The van der Waals surface area contributed by atoms with Crippen LogP contribution in [0.1, 0.15) is 0 Å². The summed E-state index contributed by atoms with van der Waals surface area (Å²) in [5.41, 5.74) is 1.61. The summed E-state index contributed by atoms with van der Waals surface area (Å²) in [5, 5.41) is 5.27. The number of hydrogen-bond donors (Lipinski definition) is 2. The summed E-state index contributed by atoms with van der Waals surface area (Å²) in [6.07, 6.45) is 0. The highest BCUT2D eigenvalue weighted by atomic mass is 32.2. The molecule has 0 saturated carbocycles. The molecule has 1 aliphatic rings. The highest BCUT2D eigenvalue weighted by molar-refractivity contribution is 7.94. The number of amides is 2. The van der Waals surface area contributed by atoms with Gasteiger partial charge in [0.05, 0.1) is 18.0 Å². The van der Waals surface area contributed by atoms with Crippen LogP contribution >= 0.6 is 0 Å². The zero-order chi connectivity index (χ0) is 15.6. The number of anilines is 3. The molecule has 21 heavy (non-hydrogen) atoms. The number of nitrogens with one attached hydrogen (secondary N) is 2. The minimum absolute atomic E-state index is 0.371. The van der Waals surface area contributed by atoms with Crippen LogP contribution in [-0.4, -0.2) is 48.8 Å². The lowest BCUT2D eigenvalue weighted by Gasteiger charge is -2.13. The third kappa shape index (κ3) is 2.88. The van der Waals surface area contributed by atoms with E-state index >= 15 is 0 Å². The molecule has 0 aromatic heterocycles. The van der Waals surface area contributed by atoms with Crippen molar-refractivity contribution in [2.45, 2.75) is 0 Å². The predicted molar refractivity (Wildman–Crippen MR) is 81.1 cm³/mol. The summed E-state index contributed by atoms with van der Waals surface area (Å²) in [6, 6.07) is 4.55. The topological polar surface area (TPSA) is 91.0 Å². The second-order valence-corrected chi connectivity index (χ2v) is 6.51. The normalized spacial score (nSPS) is 15.8. The molecule has 2 N–H and O–H groups in total. The molecular formula is C12H18N4O4S. The van der Waals surface area contributed by atoms with Crippen LogP contribution in [0.3, 0.4) is 0 Å². The third-order valence-electron chi connectivity index (χ3n) is 3.20. The average Bonchev–Trinajstić information content (AvgIpc) is 2.61. The highest BCUT2D eigenvalue weighted by Gasteiger charge is 2.35. The molecule has 9 heteroatoms. The molecule has 2 amide bonds. The van der Waals surface area contributed by atoms with E-state index in [0.29, 0.717) is 30.2 Å². The van der Waals surface area contributed by atoms with Crippen LogP contribution in [0.4, 0.5) is 21.9 Å². The van der Waals surface area contributed by atoms with E-state index in [0.717, 1.165) is 0 Å². The van der Waals surface area contributed by atoms with Crippen LogP contribution in [0.2, 0.25) is 0 Å². The Morgan fingerprint density at radius 2 is 1.90 bits per heavy atom. The van der Waals surface area contributed by atoms with Crippen LogP contribution in [0.15, 0.2) is 18.2 Å². The van der Waals surface area contributed by atoms with E-state index < -0.39 is 10.2 Å². The van der Waals surface area contributed by atoms with Gasteiger partial charge in [0.25, 0.3) is 0 Å². The summed E-state index contributed by atoms with van der Waals surface area (Å²) in [4.78, 5) is 11.6. The summed E-state index contributed by atoms with van der Waals surface area (Å²) in [5.74, 6) is 0. The van der Waals surface area contributed by atoms with Gasteiger partial charge < -0.3 is 15.4 Å². The molecule has 0 radical (unpaired) electrons. The number of benzene rings is 1. The number of carbonyl (C=O) groups is 1. The Balaban J connectivity index is 2.13. The summed E-state index contributed by atoms with van der Waals surface area (Å²) >= 11 is 0. The van der Waals surface area contributed by atoms with Gasteiger partial charge in [-0.3, -0.25) is 8.61 Å². The lowest BCUT2D eigenvalue weighted by atomic mass is 10.2. The zero-order valence-corrected chi connectivity index (χ0v) is 12.9. The van der Waals surface area contributed by atoms with Gasteiger partial charge in [0.2, 0.25) is 0 Å². The van der Waals surface area contributed by atoms with Gasteiger partial charge in [0.1, 0.15) is 0 Å². The number of hydrogen-bond acceptors (Lipinski definition) is 4. The van der Waals surface area contributed by atoms with Gasteiger partial charge in [-0.1, -0.05) is 0 Å². The fourth-order valence-electron chi connectivity index (χ4n) is 1.99. The summed E-state index contributed by atoms with van der Waals surface area (Å²) in [7, 11) is 1.01. The molecule has 1 aliphatic heterocycles. The summed E-state index contributed by atoms with van der Waals surface area (Å²) in [6.45, 7) is 0.813. The molecule has 0 fully saturated rings. The van der Waals surface area contributed by atoms with Crippen molar-refractivity contribution in [1.29, 1.82) is 0 Å². The van der Waals surface area contributed by atoms with E-state index in [1.165, 1.54) is 22.7 Å². The molecule has 1 aromatic rings. The van der Waals surface area contributed by atoms with Crippen molar-refractivity contribution < 1.29 is 17.9 Å². The number of urea groups is 1. The second kappa shape index (κ2) is 5.78. The number of carbonyl (C=O) groups excluding carboxylic acids is 1. The van der Waals surface area contributed by atoms with E-state index in [2.05, 4.69) is 10.6 Å². The van der Waals surface area contributed by atoms with Crippen molar-refractivity contribution in [2.75, 3.05) is 48.3 Å². The van der Waals surface area contributed by atoms with Crippen LogP contribution in [0, 0.1) is 0 Å². The molecule has 1 heterocycles. The molecule has 0 atom stereocenters. The number of nitrogens with zero attached hydrogens (tertiary/aromatic N) is 2. The maximum atomic E-state index is 12.0. The number of fused-ring (bicyclic) bond motifs is 1. The maximum absolute atomic E-state index is 12.0. The minimum Gasteiger partial charge on any atom is -0.383 e. The first kappa shape index (κ1) is 15.4. The van der Waals surface area contributed by atoms with Crippen LogP contribution in [0.25, 0.3) is 0 Å². The van der Waals surface area contributed by atoms with E-state index in [-0.39, 0.29) is 6.03 Å². The molecule has 0 aliphatic carbocycles. The quantitative estimate of drug-likeness (QED) is 0.796. The lowest BCUT2D eigenvalue weighted by molar-refractivity contribution is 0.198. The fourth-order valence-corrected chi connectivity index (χ4v) is 3.16. The van der Waals surface area contributed by atoms with Crippen LogP contribution < -0.4 is 19.2 Å². The van der Waals surface area contributed by atoms with E-state index in [1.807, 2.05) is 0 Å². The van der Waals surface area contributed by atoms with Gasteiger partial charge in [0, 0.05) is 33.4 Å². The van der Waals surface area contributed by atoms with Crippen molar-refractivity contribution >= 4 is 33.3 Å². The Hall–Kier alpha value is -2.00. The Morgan fingerprint density at radius 3 is 2.57 bits per heavy atom. The molecule has 0 bridgehead atoms. The van der Waals surface area contributed by atoms with Crippen molar-refractivity contribution in [1.82, 2.24) is 5.32 Å². The highest BCUT2D eigenvalue weighted by Crippen LogP contribution is 2.40. The molecule has 1 aromatic carbocycles. The lowest BCUT2D eigenvalue weighted by Crippen LogP contribution is -2.32. The Bertz CT molecular complexity index is 647. The monoisotopic (exact) mass is 314 g/mol. The minimum atomic E-state index is -3.50. The maximum Gasteiger partial charge on any atom is 0.326 e. The first-order valence-corrected chi connectivity index (χ1v) is 7.68. The molecule has 0 saturated heterocycles. The van der Waals surface area contributed by atoms with E-state index in [1.54, 1.807) is 25.3 Å². The van der Waals surface area contributed by atoms with Crippen molar-refractivity contribution in [3.8, 4) is 0 Å². The molecule has 0 spiro atoms. The van der Waals surface area contributed by atoms with Gasteiger partial charge in [-0.05, 0) is 18.2 Å². The SMILES string of the molecule is COCCNC(=O)Nc1ccc2c(c1)N(C)S(=O)(=O)N2C. The third-order valence-corrected chi connectivity index (χ3v) is 4.97. The van der Waals surface area contributed by atoms with Gasteiger partial charge >= 0.3 is 16.2 Å². The standard InChI is InChI=1S/C12H18N4O4S/c1-15-10-5-4-9(14-12(17)13-6-7-20-3)8-11(10)16(2)21(15,18)19/h4-5,8H,6-7H2,1-3H3,(H2,13,14,17). The largest absolute Gasteiger partial charge is 0.383 e.